The van der Waals surface area contributed by atoms with Crippen LogP contribution in [0.3, 0.4) is 0 Å². The number of nitrogens with zero attached hydrogens (tertiary/aromatic N) is 5. The average Bonchev–Trinajstić information content (AvgIpc) is 3.46. The van der Waals surface area contributed by atoms with E-state index in [1.54, 1.807) is 11.6 Å². The van der Waals surface area contributed by atoms with Crippen molar-refractivity contribution in [3.63, 3.8) is 0 Å². The van der Waals surface area contributed by atoms with Crippen LogP contribution in [-0.4, -0.2) is 48.3 Å². The second-order valence-corrected chi connectivity index (χ2v) is 7.45. The van der Waals surface area contributed by atoms with Gasteiger partial charge >= 0.3 is 5.97 Å². The van der Waals surface area contributed by atoms with Crippen LogP contribution in [0.15, 0.2) is 48.5 Å². The summed E-state index contributed by atoms with van der Waals surface area (Å²) in [4.78, 5) is 16.5. The van der Waals surface area contributed by atoms with Crippen molar-refractivity contribution in [2.24, 2.45) is 0 Å². The summed E-state index contributed by atoms with van der Waals surface area (Å²) in [6.45, 7) is 2.54. The normalized spacial score (nSPS) is 10.9. The monoisotopic (exact) mass is 431 g/mol. The van der Waals surface area contributed by atoms with E-state index in [4.69, 9.17) is 0 Å². The number of hydrogen-bond donors (Lipinski definition) is 3. The maximum atomic E-state index is 11.9. The van der Waals surface area contributed by atoms with Gasteiger partial charge in [0.25, 0.3) is 0 Å². The van der Waals surface area contributed by atoms with Gasteiger partial charge in [0.15, 0.2) is 11.5 Å². The van der Waals surface area contributed by atoms with Crippen LogP contribution in [0.25, 0.3) is 22.5 Å². The van der Waals surface area contributed by atoms with Crippen molar-refractivity contribution in [1.82, 2.24) is 30.2 Å². The van der Waals surface area contributed by atoms with Crippen LogP contribution in [0.4, 0.5) is 5.82 Å². The molecule has 0 spiro atoms. The highest BCUT2D eigenvalue weighted by molar-refractivity contribution is 5.91. The molecule has 3 N–H and O–H groups in total. The van der Waals surface area contributed by atoms with Crippen molar-refractivity contribution < 1.29 is 9.90 Å². The molecule has 9 nitrogen and oxygen atoms in total. The molecular formula is C23H25N7O2. The minimum atomic E-state index is -0.991. The number of tetrazole rings is 1. The molecular weight excluding hydrogens is 406 g/mol. The summed E-state index contributed by atoms with van der Waals surface area (Å²) in [5, 5.41) is 27.1. The Morgan fingerprint density at radius 1 is 1.12 bits per heavy atom. The zero-order valence-electron chi connectivity index (χ0n) is 18.0. The van der Waals surface area contributed by atoms with Gasteiger partial charge in [-0.15, -0.1) is 10.2 Å². The number of carboxylic acids is 1. The lowest BCUT2D eigenvalue weighted by Crippen LogP contribution is -2.13. The zero-order chi connectivity index (χ0) is 22.5. The van der Waals surface area contributed by atoms with Gasteiger partial charge in [0.1, 0.15) is 5.82 Å². The molecule has 2 heterocycles. The number of aromatic nitrogens is 6. The number of hydrogen-bond acceptors (Lipinski definition) is 6. The van der Waals surface area contributed by atoms with Gasteiger partial charge in [-0.1, -0.05) is 61.9 Å². The molecule has 0 aliphatic heterocycles. The van der Waals surface area contributed by atoms with Gasteiger partial charge in [-0.05, 0) is 28.3 Å². The maximum Gasteiger partial charge on any atom is 0.356 e. The lowest BCUT2D eigenvalue weighted by molar-refractivity contribution is 0.0686. The molecule has 9 heteroatoms. The van der Waals surface area contributed by atoms with Crippen LogP contribution in [0.1, 0.15) is 41.6 Å². The number of aromatic amines is 1. The number of nitrogens with one attached hydrogen (secondary N) is 2. The first kappa shape index (κ1) is 21.2. The Morgan fingerprint density at radius 2 is 1.88 bits per heavy atom. The van der Waals surface area contributed by atoms with Crippen molar-refractivity contribution in [3.05, 3.63) is 65.6 Å². The largest absolute Gasteiger partial charge is 0.476 e. The lowest BCUT2D eigenvalue weighted by atomic mass is 9.98. The molecule has 0 radical (unpaired) electrons. The Hall–Kier alpha value is -4.01. The van der Waals surface area contributed by atoms with E-state index in [2.05, 4.69) is 37.8 Å². The molecule has 2 aromatic carbocycles. The first-order valence-electron chi connectivity index (χ1n) is 10.5. The van der Waals surface area contributed by atoms with Gasteiger partial charge in [-0.3, -0.25) is 0 Å². The number of carboxylic acid groups (broad SMARTS) is 1. The molecule has 32 heavy (non-hydrogen) atoms. The van der Waals surface area contributed by atoms with Gasteiger partial charge in [0, 0.05) is 25.6 Å². The highest BCUT2D eigenvalue weighted by Gasteiger charge is 2.22. The standard InChI is InChI=1S/C23H25N7O2/c1-3-4-9-19-25-22(24-2)20(23(31)32)30(19)14-15-10-12-16(13-11-15)17-7-5-6-8-18(17)21-26-28-29-27-21/h5-8,10-13,24H,3-4,9,14H2,1-2H3,(H,31,32)(H,26,27,28,29). The average molecular weight is 432 g/mol. The number of carbonyl (C=O) groups is 1. The topological polar surface area (TPSA) is 122 Å². The molecule has 0 bridgehead atoms. The van der Waals surface area contributed by atoms with E-state index < -0.39 is 5.97 Å². The minimum absolute atomic E-state index is 0.185. The number of aromatic carboxylic acids is 1. The molecule has 4 rings (SSSR count). The fourth-order valence-corrected chi connectivity index (χ4v) is 3.76. The highest BCUT2D eigenvalue weighted by atomic mass is 16.4. The van der Waals surface area contributed by atoms with Crippen molar-refractivity contribution in [1.29, 1.82) is 0 Å². The van der Waals surface area contributed by atoms with E-state index in [1.807, 2.05) is 48.5 Å². The van der Waals surface area contributed by atoms with Crippen LogP contribution >= 0.6 is 0 Å². The Bertz CT molecular complexity index is 1200. The molecule has 0 atom stereocenters. The van der Waals surface area contributed by atoms with Gasteiger partial charge in [0.05, 0.1) is 0 Å². The van der Waals surface area contributed by atoms with Crippen LogP contribution in [-0.2, 0) is 13.0 Å². The van der Waals surface area contributed by atoms with Gasteiger partial charge in [0.2, 0.25) is 5.82 Å². The number of benzene rings is 2. The summed E-state index contributed by atoms with van der Waals surface area (Å²) < 4.78 is 1.80. The van der Waals surface area contributed by atoms with Crippen LogP contribution in [0.5, 0.6) is 0 Å². The third-order valence-electron chi connectivity index (χ3n) is 5.36. The molecule has 0 saturated carbocycles. The van der Waals surface area contributed by atoms with Crippen LogP contribution in [0, 0.1) is 0 Å². The van der Waals surface area contributed by atoms with Crippen molar-refractivity contribution in [2.75, 3.05) is 12.4 Å². The fraction of sp³-hybridized carbons (Fsp3) is 0.261. The smallest absolute Gasteiger partial charge is 0.356 e. The number of unbranched alkanes of at least 4 members (excludes halogenated alkanes) is 1. The summed E-state index contributed by atoms with van der Waals surface area (Å²) in [6, 6.07) is 15.9. The predicted octanol–water partition coefficient (Wildman–Crippen LogP) is 3.86. The van der Waals surface area contributed by atoms with E-state index in [0.717, 1.165) is 47.3 Å². The third-order valence-corrected chi connectivity index (χ3v) is 5.36. The van der Waals surface area contributed by atoms with E-state index in [1.165, 1.54) is 0 Å². The Labute approximate surface area is 185 Å². The van der Waals surface area contributed by atoms with Gasteiger partial charge < -0.3 is 15.0 Å². The van der Waals surface area contributed by atoms with E-state index in [-0.39, 0.29) is 5.69 Å². The van der Waals surface area contributed by atoms with Crippen molar-refractivity contribution >= 4 is 11.8 Å². The first-order chi connectivity index (χ1) is 15.6. The Kier molecular flexibility index (Phi) is 6.25. The number of rotatable bonds is 9. The highest BCUT2D eigenvalue weighted by Crippen LogP contribution is 2.30. The lowest BCUT2D eigenvalue weighted by Gasteiger charge is -2.12. The molecule has 0 saturated heterocycles. The molecule has 4 aromatic rings. The summed E-state index contributed by atoms with van der Waals surface area (Å²) in [5.74, 6) is 0.721. The number of anilines is 1. The van der Waals surface area contributed by atoms with Crippen LogP contribution < -0.4 is 5.32 Å². The van der Waals surface area contributed by atoms with Gasteiger partial charge in [-0.2, -0.15) is 5.21 Å². The molecule has 0 amide bonds. The maximum absolute atomic E-state index is 11.9. The molecule has 0 aliphatic rings. The number of imidazole rings is 1. The molecule has 0 unspecified atom stereocenters. The summed E-state index contributed by atoms with van der Waals surface area (Å²) in [7, 11) is 1.69. The fourth-order valence-electron chi connectivity index (χ4n) is 3.76. The Balaban J connectivity index is 1.66. The molecule has 0 aliphatic carbocycles. The zero-order valence-corrected chi connectivity index (χ0v) is 18.0. The molecule has 2 aromatic heterocycles. The van der Waals surface area contributed by atoms with E-state index in [9.17, 15) is 9.90 Å². The second-order valence-electron chi connectivity index (χ2n) is 7.45. The van der Waals surface area contributed by atoms with Crippen molar-refractivity contribution in [3.8, 4) is 22.5 Å². The minimum Gasteiger partial charge on any atom is -0.476 e. The number of aryl methyl sites for hydroxylation is 1. The summed E-state index contributed by atoms with van der Waals surface area (Å²) >= 11 is 0. The third kappa shape index (κ3) is 4.22. The van der Waals surface area contributed by atoms with Crippen molar-refractivity contribution in [2.45, 2.75) is 32.7 Å². The number of H-pyrrole nitrogens is 1. The summed E-state index contributed by atoms with van der Waals surface area (Å²) in [6.07, 6.45) is 2.69. The predicted molar refractivity (Wildman–Crippen MR) is 121 cm³/mol. The van der Waals surface area contributed by atoms with Gasteiger partial charge in [-0.25, -0.2) is 9.78 Å². The quantitative estimate of drug-likeness (QED) is 0.368. The van der Waals surface area contributed by atoms with E-state index in [0.29, 0.717) is 18.2 Å². The Morgan fingerprint density at radius 3 is 2.50 bits per heavy atom. The second kappa shape index (κ2) is 9.42. The van der Waals surface area contributed by atoms with Crippen LogP contribution in [0.2, 0.25) is 0 Å². The first-order valence-corrected chi connectivity index (χ1v) is 10.5. The molecule has 0 fully saturated rings. The molecule has 164 valence electrons. The SMILES string of the molecule is CCCCc1nc(NC)c(C(=O)O)n1Cc1ccc(-c2ccccc2-c2nn[nH]n2)cc1. The summed E-state index contributed by atoms with van der Waals surface area (Å²) in [5.41, 5.74) is 4.07. The van der Waals surface area contributed by atoms with E-state index >= 15 is 0 Å².